The van der Waals surface area contributed by atoms with Gasteiger partial charge in [0, 0.05) is 18.4 Å². The molecule has 0 fully saturated rings. The minimum atomic E-state index is 0.583. The van der Waals surface area contributed by atoms with Crippen LogP contribution in [0.15, 0.2) is 24.5 Å². The Hall–Kier alpha value is -0.890. The molecule has 1 aromatic heterocycles. The molecule has 0 saturated carbocycles. The molecule has 0 radical (unpaired) electrons. The number of aromatic nitrogens is 1. The summed E-state index contributed by atoms with van der Waals surface area (Å²) in [5.74, 6) is 0.741. The maximum Gasteiger partial charge on any atom is 0.0300 e. The second-order valence-electron chi connectivity index (χ2n) is 4.45. The predicted octanol–water partition coefficient (Wildman–Crippen LogP) is 2.65. The molecule has 0 saturated heterocycles. The molecule has 84 valence electrons. The lowest BCUT2D eigenvalue weighted by molar-refractivity contribution is 0.423. The number of pyridine rings is 1. The zero-order valence-electron chi connectivity index (χ0n) is 10.0. The summed E-state index contributed by atoms with van der Waals surface area (Å²) < 4.78 is 0. The van der Waals surface area contributed by atoms with Crippen molar-refractivity contribution in [1.29, 1.82) is 0 Å². The fourth-order valence-electron chi connectivity index (χ4n) is 1.90. The van der Waals surface area contributed by atoms with Crippen LogP contribution in [0.25, 0.3) is 0 Å². The first-order valence-electron chi connectivity index (χ1n) is 5.84. The Morgan fingerprint density at radius 2 is 2.20 bits per heavy atom. The number of hydrogen-bond donors (Lipinski definition) is 1. The summed E-state index contributed by atoms with van der Waals surface area (Å²) in [6.45, 7) is 7.75. The van der Waals surface area contributed by atoms with Gasteiger partial charge >= 0.3 is 0 Å². The molecule has 0 aromatic carbocycles. The zero-order valence-corrected chi connectivity index (χ0v) is 10.0. The highest BCUT2D eigenvalue weighted by molar-refractivity contribution is 5.10. The van der Waals surface area contributed by atoms with Gasteiger partial charge in [0.15, 0.2) is 0 Å². The van der Waals surface area contributed by atoms with Crippen LogP contribution in [0.3, 0.4) is 0 Å². The Morgan fingerprint density at radius 3 is 2.73 bits per heavy atom. The lowest BCUT2D eigenvalue weighted by Crippen LogP contribution is -2.32. The maximum atomic E-state index is 4.15. The molecule has 1 aromatic rings. The third kappa shape index (κ3) is 4.93. The molecule has 2 heteroatoms. The van der Waals surface area contributed by atoms with E-state index in [9.17, 15) is 0 Å². The quantitative estimate of drug-likeness (QED) is 0.774. The van der Waals surface area contributed by atoms with Gasteiger partial charge in [0.2, 0.25) is 0 Å². The first-order chi connectivity index (χ1) is 7.22. The SMILES string of the molecule is CCNC(Cc1cccnc1)CC(C)C. The molecule has 0 bridgehead atoms. The normalized spacial score (nSPS) is 13.1. The zero-order chi connectivity index (χ0) is 11.1. The van der Waals surface area contributed by atoms with Crippen molar-refractivity contribution in [3.8, 4) is 0 Å². The second kappa shape index (κ2) is 6.57. The van der Waals surface area contributed by atoms with E-state index >= 15 is 0 Å². The molecule has 0 amide bonds. The molecule has 0 aliphatic rings. The third-order valence-corrected chi connectivity index (χ3v) is 2.45. The molecule has 1 atom stereocenters. The largest absolute Gasteiger partial charge is 0.314 e. The summed E-state index contributed by atoms with van der Waals surface area (Å²) in [5.41, 5.74) is 1.32. The molecule has 1 N–H and O–H groups in total. The van der Waals surface area contributed by atoms with E-state index in [-0.39, 0.29) is 0 Å². The van der Waals surface area contributed by atoms with E-state index < -0.39 is 0 Å². The van der Waals surface area contributed by atoms with Gasteiger partial charge in [-0.1, -0.05) is 26.8 Å². The van der Waals surface area contributed by atoms with Crippen LogP contribution in [-0.4, -0.2) is 17.6 Å². The summed E-state index contributed by atoms with van der Waals surface area (Å²) in [4.78, 5) is 4.15. The predicted molar refractivity (Wildman–Crippen MR) is 64.9 cm³/mol. The van der Waals surface area contributed by atoms with Crippen LogP contribution in [-0.2, 0) is 6.42 Å². The van der Waals surface area contributed by atoms with Gasteiger partial charge in [-0.15, -0.1) is 0 Å². The Balaban J connectivity index is 2.50. The number of nitrogens with zero attached hydrogens (tertiary/aromatic N) is 1. The van der Waals surface area contributed by atoms with E-state index in [1.54, 1.807) is 0 Å². The minimum absolute atomic E-state index is 0.583. The summed E-state index contributed by atoms with van der Waals surface area (Å²) >= 11 is 0. The lowest BCUT2D eigenvalue weighted by Gasteiger charge is -2.19. The van der Waals surface area contributed by atoms with E-state index in [1.807, 2.05) is 18.5 Å². The van der Waals surface area contributed by atoms with Gasteiger partial charge in [-0.3, -0.25) is 4.98 Å². The number of rotatable bonds is 6. The van der Waals surface area contributed by atoms with Crippen molar-refractivity contribution in [2.45, 2.75) is 39.7 Å². The maximum absolute atomic E-state index is 4.15. The third-order valence-electron chi connectivity index (χ3n) is 2.45. The van der Waals surface area contributed by atoms with Crippen molar-refractivity contribution >= 4 is 0 Å². The highest BCUT2D eigenvalue weighted by Gasteiger charge is 2.10. The second-order valence-corrected chi connectivity index (χ2v) is 4.45. The van der Waals surface area contributed by atoms with Crippen molar-refractivity contribution in [1.82, 2.24) is 10.3 Å². The fraction of sp³-hybridized carbons (Fsp3) is 0.615. The van der Waals surface area contributed by atoms with Gasteiger partial charge in [-0.25, -0.2) is 0 Å². The molecule has 1 unspecified atom stereocenters. The Morgan fingerprint density at radius 1 is 1.40 bits per heavy atom. The molecule has 15 heavy (non-hydrogen) atoms. The molecule has 2 nitrogen and oxygen atoms in total. The molecular weight excluding hydrogens is 184 g/mol. The molecule has 1 heterocycles. The van der Waals surface area contributed by atoms with Crippen molar-refractivity contribution in [2.24, 2.45) is 5.92 Å². The average molecular weight is 206 g/mol. The molecule has 0 aliphatic carbocycles. The Labute approximate surface area is 93.1 Å². The van der Waals surface area contributed by atoms with Gasteiger partial charge in [-0.2, -0.15) is 0 Å². The van der Waals surface area contributed by atoms with Gasteiger partial charge < -0.3 is 5.32 Å². The minimum Gasteiger partial charge on any atom is -0.314 e. The van der Waals surface area contributed by atoms with Crippen LogP contribution in [0.5, 0.6) is 0 Å². The summed E-state index contributed by atoms with van der Waals surface area (Å²) in [7, 11) is 0. The van der Waals surface area contributed by atoms with Crippen LogP contribution in [0.2, 0.25) is 0 Å². The van der Waals surface area contributed by atoms with Crippen molar-refractivity contribution in [3.63, 3.8) is 0 Å². The summed E-state index contributed by atoms with van der Waals surface area (Å²) in [5, 5.41) is 3.53. The summed E-state index contributed by atoms with van der Waals surface area (Å²) in [6, 6.07) is 4.74. The van der Waals surface area contributed by atoms with E-state index in [4.69, 9.17) is 0 Å². The standard InChI is InChI=1S/C13H22N2/c1-4-15-13(8-11(2)3)9-12-6-5-7-14-10-12/h5-7,10-11,13,15H,4,8-9H2,1-3H3. The highest BCUT2D eigenvalue weighted by atomic mass is 14.9. The average Bonchev–Trinajstić information content (AvgIpc) is 2.18. The first kappa shape index (κ1) is 12.2. The van der Waals surface area contributed by atoms with Gasteiger partial charge in [0.25, 0.3) is 0 Å². The van der Waals surface area contributed by atoms with Crippen LogP contribution >= 0.6 is 0 Å². The smallest absolute Gasteiger partial charge is 0.0300 e. The van der Waals surface area contributed by atoms with E-state index in [0.29, 0.717) is 6.04 Å². The van der Waals surface area contributed by atoms with E-state index in [0.717, 1.165) is 18.9 Å². The van der Waals surface area contributed by atoms with Crippen LogP contribution < -0.4 is 5.32 Å². The van der Waals surface area contributed by atoms with Crippen LogP contribution in [0.4, 0.5) is 0 Å². The molecule has 1 rings (SSSR count). The van der Waals surface area contributed by atoms with Crippen molar-refractivity contribution in [3.05, 3.63) is 30.1 Å². The monoisotopic (exact) mass is 206 g/mol. The number of nitrogens with one attached hydrogen (secondary N) is 1. The first-order valence-corrected chi connectivity index (χ1v) is 5.84. The van der Waals surface area contributed by atoms with Gasteiger partial charge in [-0.05, 0) is 36.9 Å². The molecule has 0 aliphatic heterocycles. The summed E-state index contributed by atoms with van der Waals surface area (Å²) in [6.07, 6.45) is 6.10. The molecular formula is C13H22N2. The Kier molecular flexibility index (Phi) is 5.33. The van der Waals surface area contributed by atoms with Crippen LogP contribution in [0, 0.1) is 5.92 Å². The topological polar surface area (TPSA) is 24.9 Å². The number of hydrogen-bond acceptors (Lipinski definition) is 2. The van der Waals surface area contributed by atoms with E-state index in [2.05, 4.69) is 37.1 Å². The van der Waals surface area contributed by atoms with Gasteiger partial charge in [0.1, 0.15) is 0 Å². The van der Waals surface area contributed by atoms with E-state index in [1.165, 1.54) is 12.0 Å². The lowest BCUT2D eigenvalue weighted by atomic mass is 9.98. The van der Waals surface area contributed by atoms with Crippen molar-refractivity contribution in [2.75, 3.05) is 6.54 Å². The van der Waals surface area contributed by atoms with Crippen molar-refractivity contribution < 1.29 is 0 Å². The fourth-order valence-corrected chi connectivity index (χ4v) is 1.90. The highest BCUT2D eigenvalue weighted by Crippen LogP contribution is 2.10. The van der Waals surface area contributed by atoms with Gasteiger partial charge in [0.05, 0.1) is 0 Å². The Bertz CT molecular complexity index is 256. The van der Waals surface area contributed by atoms with Crippen LogP contribution in [0.1, 0.15) is 32.8 Å². The molecule has 0 spiro atoms. The number of likely N-dealkylation sites (N-methyl/N-ethyl adjacent to an activating group) is 1.